The van der Waals surface area contributed by atoms with Crippen LogP contribution in [0.15, 0.2) is 0 Å². The van der Waals surface area contributed by atoms with Gasteiger partial charge in [0, 0.05) is 0 Å². The second kappa shape index (κ2) is 2.79. The summed E-state index contributed by atoms with van der Waals surface area (Å²) < 4.78 is 28.0. The molecule has 0 amide bonds. The number of nitrogens with two attached hydrogens (primary N) is 1. The van der Waals surface area contributed by atoms with E-state index in [0.717, 1.165) is 0 Å². The first-order valence-corrected chi connectivity index (χ1v) is 6.28. The molecule has 1 atom stereocenters. The molecule has 6 heteroatoms. The van der Waals surface area contributed by atoms with Crippen LogP contribution < -0.4 is 5.73 Å². The quantitative estimate of drug-likeness (QED) is 0.437. The van der Waals surface area contributed by atoms with Crippen molar-refractivity contribution in [3.63, 3.8) is 0 Å². The Labute approximate surface area is 53.4 Å². The predicted molar refractivity (Wildman–Crippen MR) is 31.0 cm³/mol. The fourth-order valence-electron chi connectivity index (χ4n) is 0.192. The Morgan fingerprint density at radius 2 is 2.12 bits per heavy atom. The summed E-state index contributed by atoms with van der Waals surface area (Å²) in [4.78, 5) is -0.433. The van der Waals surface area contributed by atoms with Crippen molar-refractivity contribution in [3.05, 3.63) is 0 Å². The zero-order valence-electron chi connectivity index (χ0n) is 4.23. The molecule has 8 heavy (non-hydrogen) atoms. The molecule has 0 radical (unpaired) electrons. The Balaban J connectivity index is 3.75. The summed E-state index contributed by atoms with van der Waals surface area (Å²) in [5.41, 5.74) is 5.07. The summed E-state index contributed by atoms with van der Waals surface area (Å²) in [7, 11) is -3.79. The molecule has 0 aromatic heterocycles. The average Bonchev–Trinajstić information content (AvgIpc) is 1.21. The number of hydrogen-bond donors (Lipinski definition) is 2. The van der Waals surface area contributed by atoms with E-state index in [0.29, 0.717) is 0 Å². The molecular formula is C2H7NO3SSe. The molecule has 0 aliphatic heterocycles. The SMILES string of the molecule is CC(N)[Se]S(=O)(=O)O. The third kappa shape index (κ3) is 6.39. The number of hydrogen-bond acceptors (Lipinski definition) is 3. The van der Waals surface area contributed by atoms with Crippen LogP contribution in [0.3, 0.4) is 0 Å². The van der Waals surface area contributed by atoms with Gasteiger partial charge in [-0.3, -0.25) is 0 Å². The zero-order chi connectivity index (χ0) is 6.78. The van der Waals surface area contributed by atoms with E-state index in [-0.39, 0.29) is 0 Å². The van der Waals surface area contributed by atoms with E-state index in [9.17, 15) is 8.42 Å². The van der Waals surface area contributed by atoms with Gasteiger partial charge in [-0.15, -0.1) is 0 Å². The van der Waals surface area contributed by atoms with Gasteiger partial charge in [0.2, 0.25) is 0 Å². The minimum atomic E-state index is -3.79. The second-order valence-electron chi connectivity index (χ2n) is 1.23. The van der Waals surface area contributed by atoms with Gasteiger partial charge >= 0.3 is 52.9 Å². The Morgan fingerprint density at radius 3 is 2.12 bits per heavy atom. The molecular weight excluding hydrogens is 197 g/mol. The van der Waals surface area contributed by atoms with Crippen molar-refractivity contribution in [1.29, 1.82) is 0 Å². The van der Waals surface area contributed by atoms with Gasteiger partial charge in [-0.05, 0) is 0 Å². The summed E-state index contributed by atoms with van der Waals surface area (Å²) in [6.07, 6.45) is 0. The third-order valence-electron chi connectivity index (χ3n) is 0.273. The molecule has 0 aromatic carbocycles. The van der Waals surface area contributed by atoms with Crippen LogP contribution in [-0.2, 0) is 8.54 Å². The van der Waals surface area contributed by atoms with Crippen LogP contribution in [0.25, 0.3) is 0 Å². The predicted octanol–water partition coefficient (Wildman–Crippen LogP) is -1.20. The molecule has 50 valence electrons. The van der Waals surface area contributed by atoms with Gasteiger partial charge in [0.1, 0.15) is 0 Å². The first kappa shape index (κ1) is 8.39. The van der Waals surface area contributed by atoms with E-state index in [1.165, 1.54) is 6.92 Å². The van der Waals surface area contributed by atoms with Crippen molar-refractivity contribution < 1.29 is 13.0 Å². The van der Waals surface area contributed by atoms with Crippen molar-refractivity contribution in [2.24, 2.45) is 5.73 Å². The molecule has 0 saturated heterocycles. The molecule has 0 spiro atoms. The van der Waals surface area contributed by atoms with Gasteiger partial charge in [0.05, 0.1) is 0 Å². The summed E-state index contributed by atoms with van der Waals surface area (Å²) >= 11 is -0.882. The van der Waals surface area contributed by atoms with Gasteiger partial charge in [0.15, 0.2) is 0 Å². The van der Waals surface area contributed by atoms with E-state index >= 15 is 0 Å². The summed E-state index contributed by atoms with van der Waals surface area (Å²) in [6.45, 7) is 1.54. The zero-order valence-corrected chi connectivity index (χ0v) is 6.76. The van der Waals surface area contributed by atoms with E-state index in [4.69, 9.17) is 10.3 Å². The van der Waals surface area contributed by atoms with E-state index in [1.807, 2.05) is 0 Å². The van der Waals surface area contributed by atoms with Crippen LogP contribution in [0.4, 0.5) is 0 Å². The fraction of sp³-hybridized carbons (Fsp3) is 1.00. The van der Waals surface area contributed by atoms with Crippen molar-refractivity contribution >= 4 is 22.4 Å². The van der Waals surface area contributed by atoms with Gasteiger partial charge in [-0.25, -0.2) is 0 Å². The molecule has 1 unspecified atom stereocenters. The molecule has 0 rings (SSSR count). The van der Waals surface area contributed by atoms with Crippen molar-refractivity contribution in [2.75, 3.05) is 0 Å². The molecule has 4 nitrogen and oxygen atoms in total. The average molecular weight is 204 g/mol. The van der Waals surface area contributed by atoms with Crippen LogP contribution in [0, 0.1) is 0 Å². The molecule has 3 N–H and O–H groups in total. The normalized spacial score (nSPS) is 15.9. The van der Waals surface area contributed by atoms with Gasteiger partial charge in [-0.2, -0.15) is 0 Å². The molecule has 0 aliphatic rings. The van der Waals surface area contributed by atoms with Gasteiger partial charge in [-0.1, -0.05) is 0 Å². The Bertz CT molecular complexity index is 151. The van der Waals surface area contributed by atoms with Gasteiger partial charge < -0.3 is 0 Å². The van der Waals surface area contributed by atoms with Crippen molar-refractivity contribution in [2.45, 2.75) is 11.9 Å². The maximum absolute atomic E-state index is 9.94. The summed E-state index contributed by atoms with van der Waals surface area (Å²) in [6, 6.07) is 0. The monoisotopic (exact) mass is 205 g/mol. The maximum atomic E-state index is 9.94. The first-order chi connectivity index (χ1) is 3.42. The second-order valence-corrected chi connectivity index (χ2v) is 7.70. The Hall–Kier alpha value is 0.389. The Kier molecular flexibility index (Phi) is 2.93. The number of rotatable bonds is 2. The van der Waals surface area contributed by atoms with Crippen LogP contribution >= 0.6 is 0 Å². The van der Waals surface area contributed by atoms with E-state index in [2.05, 4.69) is 0 Å². The van der Waals surface area contributed by atoms with E-state index < -0.39 is 27.3 Å². The standard InChI is InChI=1S/C2H7NO3SSe/c1-2(3)8-7(4,5)6/h2H,3H2,1H3,(H,4,5,6). The van der Waals surface area contributed by atoms with E-state index in [1.54, 1.807) is 0 Å². The molecule has 0 aliphatic carbocycles. The van der Waals surface area contributed by atoms with Crippen LogP contribution in [0.2, 0.25) is 0 Å². The molecule has 0 heterocycles. The molecule has 0 saturated carbocycles. The van der Waals surface area contributed by atoms with Crippen LogP contribution in [0.1, 0.15) is 6.92 Å². The van der Waals surface area contributed by atoms with Crippen molar-refractivity contribution in [3.8, 4) is 0 Å². The molecule has 0 fully saturated rings. The fourth-order valence-corrected chi connectivity index (χ4v) is 2.99. The van der Waals surface area contributed by atoms with Gasteiger partial charge in [0.25, 0.3) is 0 Å². The first-order valence-electron chi connectivity index (χ1n) is 1.83. The molecule has 0 aromatic rings. The van der Waals surface area contributed by atoms with Crippen molar-refractivity contribution in [1.82, 2.24) is 0 Å². The topological polar surface area (TPSA) is 80.4 Å². The minimum absolute atomic E-state index is 0.433. The Morgan fingerprint density at radius 1 is 1.75 bits per heavy atom. The molecule has 0 bridgehead atoms. The van der Waals surface area contributed by atoms with Crippen LogP contribution in [-0.4, -0.2) is 31.7 Å². The summed E-state index contributed by atoms with van der Waals surface area (Å²) in [5.74, 6) is 0. The van der Waals surface area contributed by atoms with Crippen LogP contribution in [0.5, 0.6) is 0 Å². The third-order valence-corrected chi connectivity index (χ3v) is 4.26. The summed E-state index contributed by atoms with van der Waals surface area (Å²) in [5, 5.41) is 0.